The molecule has 5 unspecified atom stereocenters. The highest BCUT2D eigenvalue weighted by molar-refractivity contribution is 5.94. The first kappa shape index (κ1) is 28.6. The Labute approximate surface area is 198 Å². The van der Waals surface area contributed by atoms with E-state index in [2.05, 4.69) is 16.0 Å². The van der Waals surface area contributed by atoms with E-state index in [0.717, 1.165) is 0 Å². The highest BCUT2D eigenvalue weighted by Gasteiger charge is 2.29. The van der Waals surface area contributed by atoms with Crippen LogP contribution in [0, 0.1) is 5.92 Å². The van der Waals surface area contributed by atoms with E-state index in [-0.39, 0.29) is 18.8 Å². The van der Waals surface area contributed by atoms with Crippen LogP contribution in [0.3, 0.4) is 0 Å². The molecule has 0 radical (unpaired) electrons. The first-order valence-electron chi connectivity index (χ1n) is 11.1. The van der Waals surface area contributed by atoms with Gasteiger partial charge in [0.25, 0.3) is 0 Å². The Morgan fingerprint density at radius 3 is 2.00 bits per heavy atom. The minimum absolute atomic E-state index is 0.00146. The Hall–Kier alpha value is -3.47. The smallest absolute Gasteiger partial charge is 0.326 e. The molecule has 0 aliphatic carbocycles. The zero-order valence-corrected chi connectivity index (χ0v) is 19.6. The number of hydrogen-bond acceptors (Lipinski definition) is 6. The summed E-state index contributed by atoms with van der Waals surface area (Å²) >= 11 is 0. The molecule has 0 saturated carbocycles. The maximum absolute atomic E-state index is 12.8. The van der Waals surface area contributed by atoms with Gasteiger partial charge in [0, 0.05) is 12.8 Å². The number of carboxylic acids is 2. The number of benzene rings is 1. The average Bonchev–Trinajstić information content (AvgIpc) is 2.80. The van der Waals surface area contributed by atoms with Gasteiger partial charge >= 0.3 is 11.9 Å². The van der Waals surface area contributed by atoms with Crippen LogP contribution in [0.4, 0.5) is 0 Å². The fourth-order valence-corrected chi connectivity index (χ4v) is 3.04. The molecular formula is C23H34N4O7. The second kappa shape index (κ2) is 13.9. The van der Waals surface area contributed by atoms with Crippen LogP contribution in [-0.4, -0.2) is 64.0 Å². The van der Waals surface area contributed by atoms with Crippen molar-refractivity contribution in [3.63, 3.8) is 0 Å². The van der Waals surface area contributed by atoms with Crippen LogP contribution in [-0.2, 0) is 30.4 Å². The minimum atomic E-state index is -1.32. The van der Waals surface area contributed by atoms with Crippen molar-refractivity contribution in [3.05, 3.63) is 35.9 Å². The van der Waals surface area contributed by atoms with Gasteiger partial charge < -0.3 is 31.9 Å². The lowest BCUT2D eigenvalue weighted by atomic mass is 9.99. The molecule has 7 N–H and O–H groups in total. The second-order valence-corrected chi connectivity index (χ2v) is 8.22. The van der Waals surface area contributed by atoms with Crippen molar-refractivity contribution in [3.8, 4) is 0 Å². The molecular weight excluding hydrogens is 444 g/mol. The molecule has 1 aromatic rings. The summed E-state index contributed by atoms with van der Waals surface area (Å²) in [4.78, 5) is 60.3. The number of carbonyl (C=O) groups is 5. The van der Waals surface area contributed by atoms with Gasteiger partial charge in [-0.05, 0) is 24.8 Å². The number of amides is 3. The van der Waals surface area contributed by atoms with Crippen molar-refractivity contribution in [2.24, 2.45) is 11.7 Å². The maximum atomic E-state index is 12.8. The number of nitrogens with two attached hydrogens (primary N) is 1. The monoisotopic (exact) mass is 478 g/mol. The maximum Gasteiger partial charge on any atom is 0.326 e. The SMILES string of the molecule is CCC(C)C(N)C(=O)NC(C)C(=O)NC(CCC(=O)O)C(=O)NC(Cc1ccccc1)C(=O)O. The van der Waals surface area contributed by atoms with E-state index >= 15 is 0 Å². The van der Waals surface area contributed by atoms with E-state index in [0.29, 0.717) is 12.0 Å². The van der Waals surface area contributed by atoms with Crippen molar-refractivity contribution in [2.75, 3.05) is 0 Å². The minimum Gasteiger partial charge on any atom is -0.481 e. The molecule has 11 nitrogen and oxygen atoms in total. The average molecular weight is 479 g/mol. The summed E-state index contributed by atoms with van der Waals surface area (Å²) in [5, 5.41) is 25.8. The summed E-state index contributed by atoms with van der Waals surface area (Å²) in [6.45, 7) is 5.08. The predicted molar refractivity (Wildman–Crippen MR) is 124 cm³/mol. The Bertz CT molecular complexity index is 862. The third-order valence-corrected chi connectivity index (χ3v) is 5.49. The van der Waals surface area contributed by atoms with Gasteiger partial charge in [0.15, 0.2) is 0 Å². The molecule has 0 bridgehead atoms. The van der Waals surface area contributed by atoms with E-state index in [9.17, 15) is 29.1 Å². The van der Waals surface area contributed by atoms with E-state index in [1.807, 2.05) is 6.92 Å². The molecule has 0 fully saturated rings. The van der Waals surface area contributed by atoms with Gasteiger partial charge in [-0.1, -0.05) is 50.6 Å². The molecule has 0 spiro atoms. The predicted octanol–water partition coefficient (Wildman–Crippen LogP) is 0.0262. The largest absolute Gasteiger partial charge is 0.481 e. The fourth-order valence-electron chi connectivity index (χ4n) is 3.04. The summed E-state index contributed by atoms with van der Waals surface area (Å²) in [5.74, 6) is -4.68. The lowest BCUT2D eigenvalue weighted by Crippen LogP contribution is -2.57. The molecule has 0 heterocycles. The van der Waals surface area contributed by atoms with Gasteiger partial charge in [-0.15, -0.1) is 0 Å². The first-order chi connectivity index (χ1) is 16.0. The molecule has 3 amide bonds. The van der Waals surface area contributed by atoms with Crippen LogP contribution in [0.2, 0.25) is 0 Å². The van der Waals surface area contributed by atoms with Gasteiger partial charge in [0.1, 0.15) is 18.1 Å². The van der Waals surface area contributed by atoms with Crippen molar-refractivity contribution >= 4 is 29.7 Å². The first-order valence-corrected chi connectivity index (χ1v) is 11.1. The third kappa shape index (κ3) is 9.57. The molecule has 0 aliphatic heterocycles. The van der Waals surface area contributed by atoms with Crippen LogP contribution in [0.15, 0.2) is 30.3 Å². The van der Waals surface area contributed by atoms with Gasteiger partial charge in [-0.25, -0.2) is 4.79 Å². The Balaban J connectivity index is 2.87. The highest BCUT2D eigenvalue weighted by atomic mass is 16.4. The number of nitrogens with one attached hydrogen (secondary N) is 3. The van der Waals surface area contributed by atoms with Crippen LogP contribution < -0.4 is 21.7 Å². The van der Waals surface area contributed by atoms with E-state index in [1.54, 1.807) is 37.3 Å². The number of carboxylic acid groups (broad SMARTS) is 2. The Kier molecular flexibility index (Phi) is 11.7. The van der Waals surface area contributed by atoms with E-state index in [4.69, 9.17) is 10.8 Å². The fraction of sp³-hybridized carbons (Fsp3) is 0.522. The molecule has 1 rings (SSSR count). The van der Waals surface area contributed by atoms with E-state index in [1.165, 1.54) is 6.92 Å². The van der Waals surface area contributed by atoms with Crippen molar-refractivity contribution in [2.45, 2.75) is 70.6 Å². The Morgan fingerprint density at radius 2 is 1.47 bits per heavy atom. The summed E-state index contributed by atoms with van der Waals surface area (Å²) in [6, 6.07) is 4.17. The van der Waals surface area contributed by atoms with Crippen LogP contribution in [0.1, 0.15) is 45.6 Å². The number of carbonyl (C=O) groups excluding carboxylic acids is 3. The molecule has 188 valence electrons. The van der Waals surface area contributed by atoms with Crippen molar-refractivity contribution in [1.82, 2.24) is 16.0 Å². The topological polar surface area (TPSA) is 188 Å². The van der Waals surface area contributed by atoms with Crippen LogP contribution >= 0.6 is 0 Å². The normalized spacial score (nSPS) is 15.2. The molecule has 0 aliphatic rings. The standard InChI is InChI=1S/C23H34N4O7/c1-4-13(2)19(24)22(32)25-14(3)20(30)26-16(10-11-18(28)29)21(31)27-17(23(33)34)12-15-8-6-5-7-9-15/h5-9,13-14,16-17,19H,4,10-12,24H2,1-3H3,(H,25,32)(H,26,30)(H,27,31)(H,28,29)(H,33,34). The second-order valence-electron chi connectivity index (χ2n) is 8.22. The van der Waals surface area contributed by atoms with Crippen molar-refractivity contribution in [1.29, 1.82) is 0 Å². The molecule has 34 heavy (non-hydrogen) atoms. The van der Waals surface area contributed by atoms with Crippen LogP contribution in [0.25, 0.3) is 0 Å². The number of hydrogen-bond donors (Lipinski definition) is 6. The van der Waals surface area contributed by atoms with E-state index < -0.39 is 60.2 Å². The zero-order valence-electron chi connectivity index (χ0n) is 19.6. The number of rotatable bonds is 14. The van der Waals surface area contributed by atoms with Gasteiger partial charge in [-0.2, -0.15) is 0 Å². The summed E-state index contributed by atoms with van der Waals surface area (Å²) < 4.78 is 0. The molecule has 11 heteroatoms. The van der Waals surface area contributed by atoms with Gasteiger partial charge in [0.05, 0.1) is 6.04 Å². The van der Waals surface area contributed by atoms with Gasteiger partial charge in [-0.3, -0.25) is 19.2 Å². The lowest BCUT2D eigenvalue weighted by molar-refractivity contribution is -0.143. The Morgan fingerprint density at radius 1 is 0.882 bits per heavy atom. The zero-order chi connectivity index (χ0) is 25.8. The third-order valence-electron chi connectivity index (χ3n) is 5.49. The van der Waals surface area contributed by atoms with Crippen LogP contribution in [0.5, 0.6) is 0 Å². The highest BCUT2D eigenvalue weighted by Crippen LogP contribution is 2.07. The summed E-state index contributed by atoms with van der Waals surface area (Å²) in [6.07, 6.45) is -0.0339. The van der Waals surface area contributed by atoms with Gasteiger partial charge in [0.2, 0.25) is 17.7 Å². The molecule has 0 aromatic heterocycles. The van der Waals surface area contributed by atoms with Crippen molar-refractivity contribution < 1.29 is 34.2 Å². The number of aliphatic carboxylic acids is 2. The summed E-state index contributed by atoms with van der Waals surface area (Å²) in [7, 11) is 0. The molecule has 1 aromatic carbocycles. The lowest BCUT2D eigenvalue weighted by Gasteiger charge is -2.24. The summed E-state index contributed by atoms with van der Waals surface area (Å²) in [5.41, 5.74) is 6.54. The molecule has 0 saturated heterocycles. The molecule has 5 atom stereocenters. The quantitative estimate of drug-likeness (QED) is 0.216.